The number of oxazole rings is 1. The van der Waals surface area contributed by atoms with Crippen molar-refractivity contribution in [3.63, 3.8) is 0 Å². The van der Waals surface area contributed by atoms with Crippen molar-refractivity contribution in [1.82, 2.24) is 15.2 Å². The van der Waals surface area contributed by atoms with E-state index < -0.39 is 0 Å². The summed E-state index contributed by atoms with van der Waals surface area (Å²) < 4.78 is 5.97. The van der Waals surface area contributed by atoms with Gasteiger partial charge in [0.15, 0.2) is 5.76 Å². The lowest BCUT2D eigenvalue weighted by Gasteiger charge is -2.21. The van der Waals surface area contributed by atoms with E-state index in [0.29, 0.717) is 23.5 Å². The molecule has 1 aromatic carbocycles. The molecule has 1 fully saturated rings. The first-order chi connectivity index (χ1) is 11.4. The Morgan fingerprint density at radius 2 is 2.08 bits per heavy atom. The number of aryl methyl sites for hydroxylation is 1. The zero-order chi connectivity index (χ0) is 17.3. The third-order valence-electron chi connectivity index (χ3n) is 4.27. The maximum absolute atomic E-state index is 11.9. The van der Waals surface area contributed by atoms with E-state index in [1.807, 2.05) is 50.1 Å². The topological polar surface area (TPSA) is 58.4 Å². The van der Waals surface area contributed by atoms with Crippen LogP contribution >= 0.6 is 11.6 Å². The third-order valence-corrected chi connectivity index (χ3v) is 4.53. The first-order valence-corrected chi connectivity index (χ1v) is 8.54. The number of nitrogens with one attached hydrogen (secondary N) is 1. The molecule has 0 bridgehead atoms. The van der Waals surface area contributed by atoms with Crippen molar-refractivity contribution in [2.45, 2.75) is 38.8 Å². The van der Waals surface area contributed by atoms with Gasteiger partial charge in [-0.15, -0.1) is 0 Å². The van der Waals surface area contributed by atoms with Gasteiger partial charge >= 0.3 is 0 Å². The molecule has 1 heterocycles. The molecule has 1 saturated carbocycles. The SMILES string of the molecule is Cc1nc([C@@H](C)N(C)CC(=O)NC2CC2)oc1-c1ccc(Cl)cc1. The van der Waals surface area contributed by atoms with Crippen molar-refractivity contribution < 1.29 is 9.21 Å². The zero-order valence-electron chi connectivity index (χ0n) is 14.2. The average Bonchev–Trinajstić information content (AvgIpc) is 3.27. The molecule has 128 valence electrons. The fourth-order valence-corrected chi connectivity index (χ4v) is 2.64. The Bertz CT molecular complexity index is 722. The second kappa shape index (κ2) is 6.95. The summed E-state index contributed by atoms with van der Waals surface area (Å²) in [6.07, 6.45) is 2.18. The number of hydrogen-bond acceptors (Lipinski definition) is 4. The fourth-order valence-electron chi connectivity index (χ4n) is 2.52. The third kappa shape index (κ3) is 3.97. The highest BCUT2D eigenvalue weighted by Gasteiger charge is 2.26. The predicted molar refractivity (Wildman–Crippen MR) is 93.9 cm³/mol. The molecule has 1 aliphatic rings. The molecule has 0 aliphatic heterocycles. The summed E-state index contributed by atoms with van der Waals surface area (Å²) in [5.41, 5.74) is 1.77. The number of likely N-dealkylation sites (N-methyl/N-ethyl adjacent to an activating group) is 1. The average molecular weight is 348 g/mol. The minimum absolute atomic E-state index is 0.0491. The molecule has 1 aliphatic carbocycles. The van der Waals surface area contributed by atoms with Crippen molar-refractivity contribution in [2.24, 2.45) is 0 Å². The molecule has 2 aromatic rings. The summed E-state index contributed by atoms with van der Waals surface area (Å²) in [4.78, 5) is 18.4. The minimum Gasteiger partial charge on any atom is -0.439 e. The monoisotopic (exact) mass is 347 g/mol. The largest absolute Gasteiger partial charge is 0.439 e. The molecule has 0 saturated heterocycles. The van der Waals surface area contributed by atoms with Crippen LogP contribution in [0.15, 0.2) is 28.7 Å². The normalized spacial score (nSPS) is 15.5. The van der Waals surface area contributed by atoms with Crippen LogP contribution in [-0.2, 0) is 4.79 Å². The highest BCUT2D eigenvalue weighted by Crippen LogP contribution is 2.29. The number of nitrogens with zero attached hydrogens (tertiary/aromatic N) is 2. The standard InChI is InChI=1S/C18H22ClN3O2/c1-11-17(13-4-6-14(19)7-5-13)24-18(20-11)12(2)22(3)10-16(23)21-15-8-9-15/h4-7,12,15H,8-10H2,1-3H3,(H,21,23)/t12-/m1/s1. The Kier molecular flexibility index (Phi) is 4.92. The Labute approximate surface area is 147 Å². The Hall–Kier alpha value is -1.85. The van der Waals surface area contributed by atoms with Crippen LogP contribution in [0.25, 0.3) is 11.3 Å². The highest BCUT2D eigenvalue weighted by molar-refractivity contribution is 6.30. The van der Waals surface area contributed by atoms with Gasteiger partial charge in [-0.1, -0.05) is 11.6 Å². The first kappa shape index (κ1) is 17.0. The maximum Gasteiger partial charge on any atom is 0.234 e. The van der Waals surface area contributed by atoms with Gasteiger partial charge in [0.1, 0.15) is 0 Å². The van der Waals surface area contributed by atoms with Gasteiger partial charge in [0.2, 0.25) is 11.8 Å². The van der Waals surface area contributed by atoms with Crippen molar-refractivity contribution in [3.8, 4) is 11.3 Å². The van der Waals surface area contributed by atoms with Gasteiger partial charge in [0, 0.05) is 16.6 Å². The summed E-state index contributed by atoms with van der Waals surface area (Å²) in [6, 6.07) is 7.78. The maximum atomic E-state index is 11.9. The molecule has 1 N–H and O–H groups in total. The molecule has 1 amide bonds. The molecule has 6 heteroatoms. The predicted octanol–water partition coefficient (Wildman–Crippen LogP) is 3.57. The summed E-state index contributed by atoms with van der Waals surface area (Å²) >= 11 is 5.93. The number of benzene rings is 1. The van der Waals surface area contributed by atoms with E-state index in [4.69, 9.17) is 16.0 Å². The van der Waals surface area contributed by atoms with Crippen LogP contribution in [0.4, 0.5) is 0 Å². The number of amides is 1. The Morgan fingerprint density at radius 1 is 1.42 bits per heavy atom. The summed E-state index contributed by atoms with van der Waals surface area (Å²) in [5.74, 6) is 1.40. The van der Waals surface area contributed by atoms with Gasteiger partial charge in [0.05, 0.1) is 18.3 Å². The van der Waals surface area contributed by atoms with Gasteiger partial charge in [-0.05, 0) is 58.0 Å². The minimum atomic E-state index is -0.0882. The van der Waals surface area contributed by atoms with Crippen LogP contribution in [0.2, 0.25) is 5.02 Å². The molecule has 0 spiro atoms. The smallest absolute Gasteiger partial charge is 0.234 e. The van der Waals surface area contributed by atoms with E-state index in [9.17, 15) is 4.79 Å². The van der Waals surface area contributed by atoms with Crippen LogP contribution in [0.3, 0.4) is 0 Å². The number of hydrogen-bond donors (Lipinski definition) is 1. The second-order valence-electron chi connectivity index (χ2n) is 6.41. The lowest BCUT2D eigenvalue weighted by atomic mass is 10.1. The molecule has 1 atom stereocenters. The van der Waals surface area contributed by atoms with E-state index in [2.05, 4.69) is 10.3 Å². The number of carbonyl (C=O) groups excluding carboxylic acids is 1. The molecule has 0 radical (unpaired) electrons. The second-order valence-corrected chi connectivity index (χ2v) is 6.84. The first-order valence-electron chi connectivity index (χ1n) is 8.17. The van der Waals surface area contributed by atoms with E-state index >= 15 is 0 Å². The van der Waals surface area contributed by atoms with E-state index in [0.717, 1.165) is 29.9 Å². The summed E-state index contributed by atoms with van der Waals surface area (Å²) in [7, 11) is 1.90. The Morgan fingerprint density at radius 3 is 2.71 bits per heavy atom. The van der Waals surface area contributed by atoms with Gasteiger partial charge in [-0.25, -0.2) is 4.98 Å². The van der Waals surface area contributed by atoms with Gasteiger partial charge < -0.3 is 9.73 Å². The molecule has 1 aromatic heterocycles. The van der Waals surface area contributed by atoms with Crippen molar-refractivity contribution in [3.05, 3.63) is 40.9 Å². The van der Waals surface area contributed by atoms with Crippen molar-refractivity contribution >= 4 is 17.5 Å². The van der Waals surface area contributed by atoms with Crippen LogP contribution in [0.5, 0.6) is 0 Å². The summed E-state index contributed by atoms with van der Waals surface area (Å²) in [5, 5.41) is 3.68. The fraction of sp³-hybridized carbons (Fsp3) is 0.444. The van der Waals surface area contributed by atoms with E-state index in [1.54, 1.807) is 0 Å². The zero-order valence-corrected chi connectivity index (χ0v) is 14.9. The lowest BCUT2D eigenvalue weighted by molar-refractivity contribution is -0.122. The molecular formula is C18H22ClN3O2. The van der Waals surface area contributed by atoms with Crippen molar-refractivity contribution in [1.29, 1.82) is 0 Å². The molecule has 0 unspecified atom stereocenters. The molecular weight excluding hydrogens is 326 g/mol. The highest BCUT2D eigenvalue weighted by atomic mass is 35.5. The van der Waals surface area contributed by atoms with Gasteiger partial charge in [-0.3, -0.25) is 9.69 Å². The van der Waals surface area contributed by atoms with E-state index in [-0.39, 0.29) is 11.9 Å². The number of aromatic nitrogens is 1. The number of halogens is 1. The van der Waals surface area contributed by atoms with Gasteiger partial charge in [-0.2, -0.15) is 0 Å². The quantitative estimate of drug-likeness (QED) is 0.867. The Balaban J connectivity index is 1.70. The molecule has 5 nitrogen and oxygen atoms in total. The van der Waals surface area contributed by atoms with Crippen molar-refractivity contribution in [2.75, 3.05) is 13.6 Å². The lowest BCUT2D eigenvalue weighted by Crippen LogP contribution is -2.37. The van der Waals surface area contributed by atoms with Gasteiger partial charge in [0.25, 0.3) is 0 Å². The van der Waals surface area contributed by atoms with Crippen LogP contribution in [0, 0.1) is 6.92 Å². The number of rotatable bonds is 6. The van der Waals surface area contributed by atoms with Crippen LogP contribution in [0.1, 0.15) is 37.4 Å². The molecule has 3 rings (SSSR count). The van der Waals surface area contributed by atoms with Crippen LogP contribution in [-0.4, -0.2) is 35.4 Å². The van der Waals surface area contributed by atoms with Crippen LogP contribution < -0.4 is 5.32 Å². The van der Waals surface area contributed by atoms with E-state index in [1.165, 1.54) is 0 Å². The summed E-state index contributed by atoms with van der Waals surface area (Å²) in [6.45, 7) is 4.24. The molecule has 24 heavy (non-hydrogen) atoms. The number of carbonyl (C=O) groups is 1.